The van der Waals surface area contributed by atoms with Crippen LogP contribution in [0.4, 0.5) is 0 Å². The van der Waals surface area contributed by atoms with Crippen LogP contribution in [0.2, 0.25) is 5.02 Å². The minimum Gasteiger partial charge on any atom is -0.409 e. The Balaban J connectivity index is 2.16. The Labute approximate surface area is 117 Å². The molecule has 1 aromatic rings. The van der Waals surface area contributed by atoms with Crippen LogP contribution in [0.3, 0.4) is 0 Å². The van der Waals surface area contributed by atoms with Crippen LogP contribution in [0.1, 0.15) is 24.8 Å². The van der Waals surface area contributed by atoms with E-state index in [1.165, 1.54) is 0 Å². The summed E-state index contributed by atoms with van der Waals surface area (Å²) in [6.45, 7) is 0.588. The highest BCUT2D eigenvalue weighted by Gasteiger charge is 2.02. The predicted molar refractivity (Wildman–Crippen MR) is 75.4 cm³/mol. The number of nitrogens with two attached hydrogens (primary N) is 1. The maximum Gasteiger partial charge on any atom is 0.224 e. The maximum absolute atomic E-state index is 11.6. The van der Waals surface area contributed by atoms with Crippen molar-refractivity contribution in [1.82, 2.24) is 5.32 Å². The first kappa shape index (κ1) is 15.3. The molecule has 0 atom stereocenters. The standard InChI is InChI=1S/C13H18ClN3O2/c14-11-6-4-10(5-7-11)9-13(18)16-8-2-1-3-12(15)17-19/h4-7,19H,1-3,8-9H2,(H2,15,17)(H,16,18). The van der Waals surface area contributed by atoms with Gasteiger partial charge in [0.2, 0.25) is 5.91 Å². The van der Waals surface area contributed by atoms with Crippen molar-refractivity contribution in [2.75, 3.05) is 6.54 Å². The van der Waals surface area contributed by atoms with Crippen molar-refractivity contribution in [3.8, 4) is 0 Å². The molecule has 0 radical (unpaired) electrons. The van der Waals surface area contributed by atoms with Gasteiger partial charge in [-0.3, -0.25) is 4.79 Å². The number of unbranched alkanes of at least 4 members (excludes halogenated alkanes) is 1. The van der Waals surface area contributed by atoms with E-state index in [0.717, 1.165) is 18.4 Å². The zero-order chi connectivity index (χ0) is 14.1. The van der Waals surface area contributed by atoms with Gasteiger partial charge in [0, 0.05) is 18.0 Å². The van der Waals surface area contributed by atoms with Gasteiger partial charge in [-0.1, -0.05) is 28.9 Å². The number of benzene rings is 1. The van der Waals surface area contributed by atoms with Gasteiger partial charge in [0.1, 0.15) is 5.84 Å². The molecule has 0 unspecified atom stereocenters. The van der Waals surface area contributed by atoms with E-state index in [0.29, 0.717) is 24.4 Å². The first-order chi connectivity index (χ1) is 9.11. The first-order valence-corrected chi connectivity index (χ1v) is 6.47. The second-order valence-electron chi connectivity index (χ2n) is 4.20. The molecule has 0 saturated heterocycles. The van der Waals surface area contributed by atoms with Gasteiger partial charge in [0.05, 0.1) is 6.42 Å². The van der Waals surface area contributed by atoms with E-state index < -0.39 is 0 Å². The van der Waals surface area contributed by atoms with Crippen LogP contribution in [0.25, 0.3) is 0 Å². The number of halogens is 1. The highest BCUT2D eigenvalue weighted by Crippen LogP contribution is 2.09. The summed E-state index contributed by atoms with van der Waals surface area (Å²) in [5, 5.41) is 14.7. The summed E-state index contributed by atoms with van der Waals surface area (Å²) in [7, 11) is 0. The number of hydrogen-bond acceptors (Lipinski definition) is 3. The van der Waals surface area contributed by atoms with Crippen LogP contribution < -0.4 is 11.1 Å². The second kappa shape index (κ2) is 8.37. The molecule has 1 amide bonds. The van der Waals surface area contributed by atoms with Gasteiger partial charge in [0.25, 0.3) is 0 Å². The average molecular weight is 284 g/mol. The molecular weight excluding hydrogens is 266 g/mol. The maximum atomic E-state index is 11.6. The van der Waals surface area contributed by atoms with Crippen molar-refractivity contribution >= 4 is 23.3 Å². The highest BCUT2D eigenvalue weighted by atomic mass is 35.5. The van der Waals surface area contributed by atoms with E-state index in [1.54, 1.807) is 12.1 Å². The molecule has 0 aromatic heterocycles. The Morgan fingerprint density at radius 3 is 2.63 bits per heavy atom. The van der Waals surface area contributed by atoms with Crippen LogP contribution in [0.5, 0.6) is 0 Å². The number of carbonyl (C=O) groups is 1. The van der Waals surface area contributed by atoms with Crippen molar-refractivity contribution < 1.29 is 10.0 Å². The number of nitrogens with zero attached hydrogens (tertiary/aromatic N) is 1. The lowest BCUT2D eigenvalue weighted by Gasteiger charge is -2.05. The largest absolute Gasteiger partial charge is 0.409 e. The van der Waals surface area contributed by atoms with E-state index in [1.807, 2.05) is 12.1 Å². The van der Waals surface area contributed by atoms with E-state index in [9.17, 15) is 4.79 Å². The Kier molecular flexibility index (Phi) is 6.74. The molecule has 0 fully saturated rings. The van der Waals surface area contributed by atoms with Crippen LogP contribution >= 0.6 is 11.6 Å². The summed E-state index contributed by atoms with van der Waals surface area (Å²) in [6.07, 6.45) is 2.45. The molecule has 104 valence electrons. The Hall–Kier alpha value is -1.75. The van der Waals surface area contributed by atoms with Crippen molar-refractivity contribution in [2.45, 2.75) is 25.7 Å². The highest BCUT2D eigenvalue weighted by molar-refractivity contribution is 6.30. The van der Waals surface area contributed by atoms with Crippen LogP contribution in [0, 0.1) is 0 Å². The number of nitrogens with one attached hydrogen (secondary N) is 1. The second-order valence-corrected chi connectivity index (χ2v) is 4.64. The lowest BCUT2D eigenvalue weighted by molar-refractivity contribution is -0.120. The normalized spacial score (nSPS) is 11.3. The number of carbonyl (C=O) groups excluding carboxylic acids is 1. The fourth-order valence-corrected chi connectivity index (χ4v) is 1.69. The Bertz CT molecular complexity index is 432. The van der Waals surface area contributed by atoms with Gasteiger partial charge in [-0.05, 0) is 30.5 Å². The summed E-state index contributed by atoms with van der Waals surface area (Å²) in [5.41, 5.74) is 6.26. The number of amides is 1. The van der Waals surface area contributed by atoms with Crippen molar-refractivity contribution in [1.29, 1.82) is 0 Å². The molecule has 0 saturated carbocycles. The van der Waals surface area contributed by atoms with E-state index in [2.05, 4.69) is 10.5 Å². The molecule has 0 aliphatic heterocycles. The smallest absolute Gasteiger partial charge is 0.224 e. The van der Waals surface area contributed by atoms with Crippen molar-refractivity contribution in [3.05, 3.63) is 34.9 Å². The van der Waals surface area contributed by atoms with Gasteiger partial charge >= 0.3 is 0 Å². The van der Waals surface area contributed by atoms with Gasteiger partial charge < -0.3 is 16.3 Å². The lowest BCUT2D eigenvalue weighted by atomic mass is 10.1. The summed E-state index contributed by atoms with van der Waals surface area (Å²) < 4.78 is 0. The van der Waals surface area contributed by atoms with Crippen LogP contribution in [-0.2, 0) is 11.2 Å². The molecule has 4 N–H and O–H groups in total. The molecule has 19 heavy (non-hydrogen) atoms. The zero-order valence-electron chi connectivity index (χ0n) is 10.6. The van der Waals surface area contributed by atoms with Crippen LogP contribution in [0.15, 0.2) is 29.4 Å². The van der Waals surface area contributed by atoms with Crippen molar-refractivity contribution in [2.24, 2.45) is 10.9 Å². The van der Waals surface area contributed by atoms with E-state index in [-0.39, 0.29) is 11.7 Å². The molecule has 1 aromatic carbocycles. The fraction of sp³-hybridized carbons (Fsp3) is 0.385. The number of rotatable bonds is 7. The third-order valence-corrected chi connectivity index (χ3v) is 2.84. The van der Waals surface area contributed by atoms with Gasteiger partial charge in [-0.15, -0.1) is 0 Å². The molecule has 0 aliphatic rings. The van der Waals surface area contributed by atoms with E-state index in [4.69, 9.17) is 22.5 Å². The monoisotopic (exact) mass is 283 g/mol. The zero-order valence-corrected chi connectivity index (χ0v) is 11.4. The third-order valence-electron chi connectivity index (χ3n) is 2.59. The molecule has 0 heterocycles. The lowest BCUT2D eigenvalue weighted by Crippen LogP contribution is -2.26. The predicted octanol–water partition coefficient (Wildman–Crippen LogP) is 1.92. The first-order valence-electron chi connectivity index (χ1n) is 6.09. The fourth-order valence-electron chi connectivity index (χ4n) is 1.56. The van der Waals surface area contributed by atoms with E-state index >= 15 is 0 Å². The minimum atomic E-state index is -0.0221. The quantitative estimate of drug-likeness (QED) is 0.235. The van der Waals surface area contributed by atoms with Gasteiger partial charge in [0.15, 0.2) is 0 Å². The molecule has 0 bridgehead atoms. The average Bonchev–Trinajstić information content (AvgIpc) is 2.40. The Morgan fingerprint density at radius 1 is 1.32 bits per heavy atom. The van der Waals surface area contributed by atoms with Crippen molar-refractivity contribution in [3.63, 3.8) is 0 Å². The van der Waals surface area contributed by atoms with Crippen LogP contribution in [-0.4, -0.2) is 23.5 Å². The summed E-state index contributed by atoms with van der Waals surface area (Å²) in [6, 6.07) is 7.20. The molecule has 0 aliphatic carbocycles. The molecular formula is C13H18ClN3O2. The number of amidine groups is 1. The molecule has 1 rings (SSSR count). The van der Waals surface area contributed by atoms with Gasteiger partial charge in [-0.2, -0.15) is 0 Å². The summed E-state index contributed by atoms with van der Waals surface area (Å²) >= 11 is 5.77. The molecule has 0 spiro atoms. The SMILES string of the molecule is NC(CCCCNC(=O)Cc1ccc(Cl)cc1)=NO. The molecule has 6 heteroatoms. The summed E-state index contributed by atoms with van der Waals surface area (Å²) in [5.74, 6) is 0.193. The number of oxime groups is 1. The van der Waals surface area contributed by atoms with Gasteiger partial charge in [-0.25, -0.2) is 0 Å². The topological polar surface area (TPSA) is 87.7 Å². The minimum absolute atomic E-state index is 0.0221. The Morgan fingerprint density at radius 2 is 2.00 bits per heavy atom. The third kappa shape index (κ3) is 6.67. The molecule has 5 nitrogen and oxygen atoms in total. The summed E-state index contributed by atoms with van der Waals surface area (Å²) in [4.78, 5) is 11.6. The number of hydrogen-bond donors (Lipinski definition) is 3.